The Morgan fingerprint density at radius 2 is 2.00 bits per heavy atom. The fourth-order valence-corrected chi connectivity index (χ4v) is 1.05. The number of nitrogens with one attached hydrogen (secondary N) is 1. The molecule has 0 saturated carbocycles. The van der Waals surface area contributed by atoms with Gasteiger partial charge in [0.25, 0.3) is 0 Å². The number of nitrogens with zero attached hydrogens (tertiary/aromatic N) is 1. The van der Waals surface area contributed by atoms with E-state index in [0.717, 1.165) is 0 Å². The summed E-state index contributed by atoms with van der Waals surface area (Å²) in [5, 5.41) is 10.8. The largest absolute Gasteiger partial charge is 0.467 e. The molecular formula is C11H18N2O4. The molecule has 0 aliphatic carbocycles. The van der Waals surface area contributed by atoms with Crippen LogP contribution in [0, 0.1) is 11.3 Å². The zero-order valence-electron chi connectivity index (χ0n) is 10.6. The minimum atomic E-state index is -0.852. The quantitative estimate of drug-likeness (QED) is 0.594. The van der Waals surface area contributed by atoms with Crippen LogP contribution < -0.4 is 5.32 Å². The van der Waals surface area contributed by atoms with E-state index in [1.54, 1.807) is 20.8 Å². The van der Waals surface area contributed by atoms with Crippen LogP contribution in [0.15, 0.2) is 0 Å². The van der Waals surface area contributed by atoms with E-state index in [2.05, 4.69) is 10.1 Å². The average molecular weight is 243 g/mol. The van der Waals surface area contributed by atoms with Gasteiger partial charge in [-0.3, -0.25) is 0 Å². The van der Waals surface area contributed by atoms with Crippen molar-refractivity contribution in [3.63, 3.8) is 0 Å². The summed E-state index contributed by atoms with van der Waals surface area (Å²) in [6.45, 7) is 5.15. The number of nitriles is 1. The van der Waals surface area contributed by atoms with Gasteiger partial charge < -0.3 is 14.8 Å². The normalized spacial score (nSPS) is 12.2. The number of amides is 1. The topological polar surface area (TPSA) is 88.4 Å². The third-order valence-corrected chi connectivity index (χ3v) is 1.72. The number of esters is 1. The fraction of sp³-hybridized carbons (Fsp3) is 0.727. The summed E-state index contributed by atoms with van der Waals surface area (Å²) < 4.78 is 9.52. The van der Waals surface area contributed by atoms with Crippen LogP contribution in [0.25, 0.3) is 0 Å². The number of rotatable bonds is 4. The minimum Gasteiger partial charge on any atom is -0.467 e. The van der Waals surface area contributed by atoms with Crippen LogP contribution in [-0.2, 0) is 14.3 Å². The molecule has 0 aliphatic heterocycles. The Hall–Kier alpha value is -1.77. The Balaban J connectivity index is 4.38. The van der Waals surface area contributed by atoms with Gasteiger partial charge in [-0.15, -0.1) is 0 Å². The molecule has 0 aromatic carbocycles. The number of carbonyl (C=O) groups excluding carboxylic acids is 2. The van der Waals surface area contributed by atoms with E-state index >= 15 is 0 Å². The molecule has 6 nitrogen and oxygen atoms in total. The molecule has 0 fully saturated rings. The predicted molar refractivity (Wildman–Crippen MR) is 60.0 cm³/mol. The van der Waals surface area contributed by atoms with Crippen LogP contribution in [-0.4, -0.2) is 30.8 Å². The second-order valence-corrected chi connectivity index (χ2v) is 4.42. The zero-order valence-corrected chi connectivity index (χ0v) is 10.6. The van der Waals surface area contributed by atoms with E-state index in [4.69, 9.17) is 10.00 Å². The molecule has 0 aromatic heterocycles. The maximum absolute atomic E-state index is 11.4. The van der Waals surface area contributed by atoms with Crippen LogP contribution in [0.4, 0.5) is 4.79 Å². The fourth-order valence-electron chi connectivity index (χ4n) is 1.05. The van der Waals surface area contributed by atoms with Crippen molar-refractivity contribution in [2.24, 2.45) is 0 Å². The molecule has 1 N–H and O–H groups in total. The average Bonchev–Trinajstić information content (AvgIpc) is 2.20. The first kappa shape index (κ1) is 15.2. The van der Waals surface area contributed by atoms with E-state index in [0.29, 0.717) is 0 Å². The van der Waals surface area contributed by atoms with Crippen molar-refractivity contribution in [3.05, 3.63) is 0 Å². The first-order chi connectivity index (χ1) is 7.80. The van der Waals surface area contributed by atoms with Crippen LogP contribution in [0.1, 0.15) is 33.6 Å². The van der Waals surface area contributed by atoms with E-state index < -0.39 is 23.7 Å². The summed E-state index contributed by atoms with van der Waals surface area (Å²) in [5.41, 5.74) is -0.639. The lowest BCUT2D eigenvalue weighted by Gasteiger charge is -2.22. The van der Waals surface area contributed by atoms with Crippen molar-refractivity contribution in [1.29, 1.82) is 5.26 Å². The molecule has 0 aromatic rings. The van der Waals surface area contributed by atoms with E-state index in [1.165, 1.54) is 7.11 Å². The van der Waals surface area contributed by atoms with Gasteiger partial charge in [-0.2, -0.15) is 5.26 Å². The lowest BCUT2D eigenvalue weighted by Crippen LogP contribution is -2.43. The van der Waals surface area contributed by atoms with E-state index in [9.17, 15) is 9.59 Å². The molecule has 0 unspecified atom stereocenters. The van der Waals surface area contributed by atoms with Gasteiger partial charge in [0.15, 0.2) is 0 Å². The third kappa shape index (κ3) is 7.17. The standard InChI is InChI=1S/C11H18N2O4/c1-11(2,3)17-10(15)13-8(6-5-7-12)9(14)16-4/h8H,5-6H2,1-4H3,(H,13,15)/t8-/m0/s1/i7+1. The van der Waals surface area contributed by atoms with Crippen molar-refractivity contribution in [3.8, 4) is 6.07 Å². The number of carbonyl (C=O) groups is 2. The molecule has 1 amide bonds. The highest BCUT2D eigenvalue weighted by molar-refractivity contribution is 5.81. The van der Waals surface area contributed by atoms with Gasteiger partial charge in [-0.05, 0) is 27.2 Å². The van der Waals surface area contributed by atoms with Crippen LogP contribution in [0.2, 0.25) is 0 Å². The first-order valence-corrected chi connectivity index (χ1v) is 5.24. The molecule has 0 rings (SSSR count). The predicted octanol–water partition coefficient (Wildman–Crippen LogP) is 1.36. The molecule has 6 heteroatoms. The monoisotopic (exact) mass is 243 g/mol. The summed E-state index contributed by atoms with van der Waals surface area (Å²) in [7, 11) is 1.22. The molecule has 0 bridgehead atoms. The zero-order chi connectivity index (χ0) is 13.5. The number of hydrogen-bond donors (Lipinski definition) is 1. The van der Waals surface area contributed by atoms with Gasteiger partial charge in [-0.25, -0.2) is 9.59 Å². The highest BCUT2D eigenvalue weighted by atomic mass is 16.6. The Morgan fingerprint density at radius 1 is 1.41 bits per heavy atom. The first-order valence-electron chi connectivity index (χ1n) is 5.24. The van der Waals surface area contributed by atoms with Crippen LogP contribution >= 0.6 is 0 Å². The Morgan fingerprint density at radius 3 is 2.41 bits per heavy atom. The molecule has 0 heterocycles. The second-order valence-electron chi connectivity index (χ2n) is 4.42. The van der Waals surface area contributed by atoms with Crippen molar-refractivity contribution < 1.29 is 19.1 Å². The molecule has 0 radical (unpaired) electrons. The molecular weight excluding hydrogens is 225 g/mol. The second kappa shape index (κ2) is 6.74. The van der Waals surface area contributed by atoms with Gasteiger partial charge in [0.2, 0.25) is 0 Å². The molecule has 0 spiro atoms. The lowest BCUT2D eigenvalue weighted by atomic mass is 10.2. The van der Waals surface area contributed by atoms with E-state index in [1.807, 2.05) is 6.07 Å². The third-order valence-electron chi connectivity index (χ3n) is 1.72. The molecule has 0 saturated heterocycles. The van der Waals surface area contributed by atoms with Gasteiger partial charge in [0.1, 0.15) is 11.6 Å². The Labute approximate surface area is 101 Å². The molecule has 0 aliphatic rings. The Bertz CT molecular complexity index is 314. The lowest BCUT2D eigenvalue weighted by molar-refractivity contribution is -0.143. The Kier molecular flexibility index (Phi) is 6.03. The van der Waals surface area contributed by atoms with Gasteiger partial charge >= 0.3 is 12.1 Å². The van der Waals surface area contributed by atoms with Crippen molar-refractivity contribution >= 4 is 12.1 Å². The maximum Gasteiger partial charge on any atom is 0.408 e. The maximum atomic E-state index is 11.4. The van der Waals surface area contributed by atoms with Gasteiger partial charge in [0, 0.05) is 6.42 Å². The van der Waals surface area contributed by atoms with E-state index in [-0.39, 0.29) is 12.8 Å². The van der Waals surface area contributed by atoms with Crippen molar-refractivity contribution in [2.45, 2.75) is 45.3 Å². The number of hydrogen-bond acceptors (Lipinski definition) is 5. The van der Waals surface area contributed by atoms with Crippen molar-refractivity contribution in [1.82, 2.24) is 5.32 Å². The molecule has 17 heavy (non-hydrogen) atoms. The summed E-state index contributed by atoms with van der Waals surface area (Å²) in [5.74, 6) is -0.592. The smallest absolute Gasteiger partial charge is 0.408 e. The minimum absolute atomic E-state index is 0.148. The van der Waals surface area contributed by atoms with Crippen molar-refractivity contribution in [2.75, 3.05) is 7.11 Å². The molecule has 96 valence electrons. The number of alkyl carbamates (subject to hydrolysis) is 1. The summed E-state index contributed by atoms with van der Waals surface area (Å²) in [6, 6.07) is 1.05. The van der Waals surface area contributed by atoms with Crippen LogP contribution in [0.5, 0.6) is 0 Å². The highest BCUT2D eigenvalue weighted by Crippen LogP contribution is 2.08. The van der Waals surface area contributed by atoms with Gasteiger partial charge in [-0.1, -0.05) is 0 Å². The SMILES string of the molecule is COC(=O)[C@H](CC[13C]#N)NC(=O)OC(C)(C)C. The summed E-state index contributed by atoms with van der Waals surface area (Å²) in [6.07, 6.45) is -0.358. The summed E-state index contributed by atoms with van der Waals surface area (Å²) >= 11 is 0. The van der Waals surface area contributed by atoms with Gasteiger partial charge in [0.05, 0.1) is 13.2 Å². The number of methoxy groups -OCH3 is 1. The summed E-state index contributed by atoms with van der Waals surface area (Å²) in [4.78, 5) is 22.7. The number of ether oxygens (including phenoxy) is 2. The highest BCUT2D eigenvalue weighted by Gasteiger charge is 2.24. The molecule has 1 atom stereocenters. The van der Waals surface area contributed by atoms with Crippen LogP contribution in [0.3, 0.4) is 0 Å².